The monoisotopic (exact) mass is 543 g/mol. The highest BCUT2D eigenvalue weighted by molar-refractivity contribution is 9.10. The van der Waals surface area contributed by atoms with Gasteiger partial charge in [0.2, 0.25) is 16.9 Å². The van der Waals surface area contributed by atoms with Crippen LogP contribution in [0, 0.1) is 5.92 Å². The number of rotatable bonds is 8. The topological polar surface area (TPSA) is 114 Å². The third-order valence-corrected chi connectivity index (χ3v) is 6.68. The summed E-state index contributed by atoms with van der Waals surface area (Å²) < 4.78 is 5.98. The number of carbonyl (C=O) groups excluding carboxylic acids is 3. The number of aromatic nitrogens is 2. The average molecular weight is 544 g/mol. The van der Waals surface area contributed by atoms with E-state index >= 15 is 0 Å². The molecule has 1 aliphatic heterocycles. The summed E-state index contributed by atoms with van der Waals surface area (Å²) >= 11 is 4.60. The maximum Gasteiger partial charge on any atom is 0.251 e. The lowest BCUT2D eigenvalue weighted by Gasteiger charge is -2.16. The van der Waals surface area contributed by atoms with Crippen LogP contribution in [0.25, 0.3) is 0 Å². The van der Waals surface area contributed by atoms with Crippen LogP contribution in [0.5, 0.6) is 5.75 Å². The van der Waals surface area contributed by atoms with Crippen molar-refractivity contribution in [3.63, 3.8) is 0 Å². The summed E-state index contributed by atoms with van der Waals surface area (Å²) in [5, 5.41) is 14.8. The number of benzene rings is 2. The number of nitrogens with one attached hydrogen (secondary N) is 2. The smallest absolute Gasteiger partial charge is 0.251 e. The zero-order chi connectivity index (χ0) is 24.1. The predicted octanol–water partition coefficient (Wildman–Crippen LogP) is 3.27. The van der Waals surface area contributed by atoms with Crippen molar-refractivity contribution in [3.8, 4) is 5.75 Å². The Hall–Kier alpha value is -3.31. The Morgan fingerprint density at radius 3 is 2.74 bits per heavy atom. The molecule has 34 heavy (non-hydrogen) atoms. The van der Waals surface area contributed by atoms with Crippen molar-refractivity contribution in [1.29, 1.82) is 0 Å². The molecule has 9 nitrogen and oxygen atoms in total. The van der Waals surface area contributed by atoms with E-state index in [2.05, 4.69) is 36.8 Å². The van der Waals surface area contributed by atoms with Crippen LogP contribution >= 0.6 is 27.3 Å². The Kier molecular flexibility index (Phi) is 7.53. The second-order valence-corrected chi connectivity index (χ2v) is 9.59. The van der Waals surface area contributed by atoms with Crippen LogP contribution in [0.2, 0.25) is 0 Å². The third-order valence-electron chi connectivity index (χ3n) is 5.29. The molecule has 1 aliphatic rings. The number of hydrogen-bond donors (Lipinski definition) is 2. The molecule has 3 amide bonds. The van der Waals surface area contributed by atoms with Gasteiger partial charge in [0.05, 0.1) is 13.0 Å². The van der Waals surface area contributed by atoms with Crippen molar-refractivity contribution < 1.29 is 19.1 Å². The molecule has 0 spiro atoms. The first-order chi connectivity index (χ1) is 16.4. The van der Waals surface area contributed by atoms with Crippen molar-refractivity contribution >= 4 is 55.8 Å². The minimum absolute atomic E-state index is 0.107. The van der Waals surface area contributed by atoms with Gasteiger partial charge in [-0.25, -0.2) is 0 Å². The van der Waals surface area contributed by atoms with Crippen LogP contribution < -0.4 is 20.3 Å². The van der Waals surface area contributed by atoms with Crippen LogP contribution in [0.15, 0.2) is 53.0 Å². The number of amides is 3. The minimum atomic E-state index is -0.480. The molecule has 176 valence electrons. The summed E-state index contributed by atoms with van der Waals surface area (Å²) in [6.07, 6.45) is 0.617. The van der Waals surface area contributed by atoms with Gasteiger partial charge in [-0.05, 0) is 42.5 Å². The van der Waals surface area contributed by atoms with Crippen LogP contribution in [-0.2, 0) is 16.0 Å². The van der Waals surface area contributed by atoms with E-state index in [0.29, 0.717) is 41.0 Å². The molecule has 3 aromatic rings. The Balaban J connectivity index is 1.26. The summed E-state index contributed by atoms with van der Waals surface area (Å²) in [5.74, 6) is -0.331. The highest BCUT2D eigenvalue weighted by atomic mass is 79.9. The van der Waals surface area contributed by atoms with Gasteiger partial charge < -0.3 is 20.3 Å². The van der Waals surface area contributed by atoms with E-state index in [1.165, 1.54) is 11.3 Å². The number of carbonyl (C=O) groups is 3. The molecule has 4 rings (SSSR count). The lowest BCUT2D eigenvalue weighted by molar-refractivity contribution is -0.122. The van der Waals surface area contributed by atoms with E-state index in [1.807, 2.05) is 6.07 Å². The predicted molar refractivity (Wildman–Crippen MR) is 132 cm³/mol. The SMILES string of the molecule is COc1ccc(N2CC(C(=O)Nc3nnc(CCNC(=O)c4cccc(Br)c4)s3)CC2=O)cc1. The van der Waals surface area contributed by atoms with Gasteiger partial charge in [0.1, 0.15) is 10.8 Å². The van der Waals surface area contributed by atoms with Gasteiger partial charge in [0.25, 0.3) is 5.91 Å². The summed E-state index contributed by atoms with van der Waals surface area (Å²) in [5.41, 5.74) is 1.29. The van der Waals surface area contributed by atoms with Crippen molar-refractivity contribution in [2.45, 2.75) is 12.8 Å². The summed E-state index contributed by atoms with van der Waals surface area (Å²) in [6, 6.07) is 14.3. The highest BCUT2D eigenvalue weighted by Crippen LogP contribution is 2.28. The molecule has 1 saturated heterocycles. The molecule has 1 aromatic heterocycles. The minimum Gasteiger partial charge on any atom is -0.497 e. The van der Waals surface area contributed by atoms with E-state index < -0.39 is 5.92 Å². The fourth-order valence-corrected chi connectivity index (χ4v) is 4.66. The van der Waals surface area contributed by atoms with Crippen molar-refractivity contribution in [3.05, 3.63) is 63.6 Å². The van der Waals surface area contributed by atoms with Gasteiger partial charge >= 0.3 is 0 Å². The van der Waals surface area contributed by atoms with Gasteiger partial charge in [-0.3, -0.25) is 14.4 Å². The molecule has 2 aromatic carbocycles. The Morgan fingerprint density at radius 2 is 2.00 bits per heavy atom. The zero-order valence-electron chi connectivity index (χ0n) is 18.3. The molecule has 0 aliphatic carbocycles. The van der Waals surface area contributed by atoms with Crippen LogP contribution in [0.3, 0.4) is 0 Å². The van der Waals surface area contributed by atoms with Gasteiger partial charge in [-0.1, -0.05) is 33.3 Å². The molecular formula is C23H22BrN5O4S. The molecule has 2 heterocycles. The first-order valence-electron chi connectivity index (χ1n) is 10.5. The van der Waals surface area contributed by atoms with Crippen LogP contribution in [0.1, 0.15) is 21.8 Å². The molecule has 1 unspecified atom stereocenters. The van der Waals surface area contributed by atoms with Gasteiger partial charge in [0, 0.05) is 41.7 Å². The normalized spacial score (nSPS) is 15.3. The molecule has 11 heteroatoms. The van der Waals surface area contributed by atoms with E-state index in [0.717, 1.165) is 10.2 Å². The van der Waals surface area contributed by atoms with Crippen LogP contribution in [0.4, 0.5) is 10.8 Å². The average Bonchev–Trinajstić information content (AvgIpc) is 3.45. The maximum atomic E-state index is 12.7. The number of nitrogens with zero attached hydrogens (tertiary/aromatic N) is 3. The first kappa shape index (κ1) is 23.8. The second-order valence-electron chi connectivity index (χ2n) is 7.61. The van der Waals surface area contributed by atoms with E-state index in [-0.39, 0.29) is 24.1 Å². The Labute approximate surface area is 208 Å². The highest BCUT2D eigenvalue weighted by Gasteiger charge is 2.35. The van der Waals surface area contributed by atoms with E-state index in [9.17, 15) is 14.4 Å². The molecule has 0 saturated carbocycles. The van der Waals surface area contributed by atoms with Gasteiger partial charge in [-0.2, -0.15) is 0 Å². The first-order valence-corrected chi connectivity index (χ1v) is 12.2. The number of ether oxygens (including phenoxy) is 1. The van der Waals surface area contributed by atoms with Crippen LogP contribution in [-0.4, -0.2) is 48.1 Å². The molecule has 0 radical (unpaired) electrons. The number of methoxy groups -OCH3 is 1. The summed E-state index contributed by atoms with van der Waals surface area (Å²) in [7, 11) is 1.58. The lowest BCUT2D eigenvalue weighted by atomic mass is 10.1. The van der Waals surface area contributed by atoms with Crippen molar-refractivity contribution in [2.75, 3.05) is 30.4 Å². The fraction of sp³-hybridized carbons (Fsp3) is 0.261. The Bertz CT molecular complexity index is 1200. The third kappa shape index (κ3) is 5.78. The molecule has 1 fully saturated rings. The number of halogens is 1. The summed E-state index contributed by atoms with van der Waals surface area (Å²) in [6.45, 7) is 0.687. The largest absolute Gasteiger partial charge is 0.497 e. The molecular weight excluding hydrogens is 522 g/mol. The molecule has 1 atom stereocenters. The molecule has 0 bridgehead atoms. The Morgan fingerprint density at radius 1 is 1.21 bits per heavy atom. The maximum absolute atomic E-state index is 12.7. The number of hydrogen-bond acceptors (Lipinski definition) is 7. The van der Waals surface area contributed by atoms with E-state index in [1.54, 1.807) is 54.5 Å². The zero-order valence-corrected chi connectivity index (χ0v) is 20.7. The van der Waals surface area contributed by atoms with Crippen molar-refractivity contribution in [1.82, 2.24) is 15.5 Å². The van der Waals surface area contributed by atoms with Crippen molar-refractivity contribution in [2.24, 2.45) is 5.92 Å². The van der Waals surface area contributed by atoms with Gasteiger partial charge in [-0.15, -0.1) is 10.2 Å². The summed E-state index contributed by atoms with van der Waals surface area (Å²) in [4.78, 5) is 39.0. The van der Waals surface area contributed by atoms with E-state index in [4.69, 9.17) is 4.74 Å². The second kappa shape index (κ2) is 10.7. The number of anilines is 2. The standard InChI is InChI=1S/C23H22BrN5O4S/c1-33-18-7-5-17(6-8-18)29-13-15(12-20(29)30)22(32)26-23-28-27-19(34-23)9-10-25-21(31)14-3-2-4-16(24)11-14/h2-8,11,15H,9-10,12-13H2,1H3,(H,25,31)(H,26,28,32). The lowest BCUT2D eigenvalue weighted by Crippen LogP contribution is -2.28. The van der Waals surface area contributed by atoms with Gasteiger partial charge in [0.15, 0.2) is 0 Å². The quantitative estimate of drug-likeness (QED) is 0.450. The fourth-order valence-electron chi connectivity index (χ4n) is 3.52. The molecule has 2 N–H and O–H groups in total.